The highest BCUT2D eigenvalue weighted by Gasteiger charge is 2.22. The van der Waals surface area contributed by atoms with Gasteiger partial charge in [-0.3, -0.25) is 0 Å². The summed E-state index contributed by atoms with van der Waals surface area (Å²) in [4.78, 5) is 13.0. The summed E-state index contributed by atoms with van der Waals surface area (Å²) in [6.45, 7) is 3.19. The fraction of sp³-hybridized carbons (Fsp3) is 0.238. The molecule has 7 nitrogen and oxygen atoms in total. The second-order valence-corrected chi connectivity index (χ2v) is 7.80. The lowest BCUT2D eigenvalue weighted by Crippen LogP contribution is -2.47. The maximum atomic E-state index is 14.2. The molecule has 3 N–H and O–H groups in total. The third-order valence-electron chi connectivity index (χ3n) is 5.06. The molecule has 1 aliphatic rings. The second-order valence-electron chi connectivity index (χ2n) is 6.88. The molecule has 1 aromatic heterocycles. The van der Waals surface area contributed by atoms with E-state index in [0.717, 1.165) is 37.6 Å². The van der Waals surface area contributed by atoms with Crippen LogP contribution in [0.15, 0.2) is 53.3 Å². The molecule has 0 radical (unpaired) electrons. The smallest absolute Gasteiger partial charge is 0.159 e. The quantitative estimate of drug-likeness (QED) is 0.579. The van der Waals surface area contributed by atoms with Crippen molar-refractivity contribution in [1.29, 1.82) is 0 Å². The zero-order valence-corrected chi connectivity index (χ0v) is 18.1. The molecule has 2 heterocycles. The van der Waals surface area contributed by atoms with Crippen molar-refractivity contribution in [3.63, 3.8) is 0 Å². The summed E-state index contributed by atoms with van der Waals surface area (Å²) in [6.07, 6.45) is 1.45. The zero-order chi connectivity index (χ0) is 21.1. The van der Waals surface area contributed by atoms with Crippen LogP contribution in [-0.2, 0) is 0 Å². The fourth-order valence-electron chi connectivity index (χ4n) is 3.43. The first-order chi connectivity index (χ1) is 14.5. The van der Waals surface area contributed by atoms with Gasteiger partial charge in [-0.25, -0.2) is 14.4 Å². The predicted octanol–water partition coefficient (Wildman–Crippen LogP) is 4.04. The van der Waals surface area contributed by atoms with Gasteiger partial charge in [0.1, 0.15) is 23.6 Å². The van der Waals surface area contributed by atoms with Crippen LogP contribution in [0, 0.1) is 5.82 Å². The normalized spacial score (nSPS) is 14.0. The molecule has 0 amide bonds. The van der Waals surface area contributed by atoms with Gasteiger partial charge >= 0.3 is 0 Å². The molecule has 1 fully saturated rings. The van der Waals surface area contributed by atoms with Gasteiger partial charge in [-0.1, -0.05) is 15.9 Å². The molecule has 0 atom stereocenters. The lowest BCUT2D eigenvalue weighted by atomic mass is 10.2. The summed E-state index contributed by atoms with van der Waals surface area (Å²) >= 11 is 3.25. The average molecular weight is 473 g/mol. The number of hydrogen-bond acceptors (Lipinski definition) is 7. The molecule has 1 aliphatic heterocycles. The molecule has 156 valence electrons. The van der Waals surface area contributed by atoms with Crippen molar-refractivity contribution in [2.75, 3.05) is 54.1 Å². The lowest BCUT2D eigenvalue weighted by molar-refractivity contribution is 0.415. The largest absolute Gasteiger partial charge is 0.497 e. The molecule has 0 aliphatic carbocycles. The van der Waals surface area contributed by atoms with E-state index in [9.17, 15) is 4.39 Å². The van der Waals surface area contributed by atoms with Crippen molar-refractivity contribution < 1.29 is 9.13 Å². The first-order valence-corrected chi connectivity index (χ1v) is 10.3. The van der Waals surface area contributed by atoms with Crippen LogP contribution >= 0.6 is 15.9 Å². The Morgan fingerprint density at radius 1 is 1.03 bits per heavy atom. The summed E-state index contributed by atoms with van der Waals surface area (Å²) in [5, 5.41) is 2.97. The second kappa shape index (κ2) is 8.74. The molecule has 0 saturated carbocycles. The van der Waals surface area contributed by atoms with Crippen LogP contribution in [0.2, 0.25) is 0 Å². The number of aromatic nitrogens is 2. The number of rotatable bonds is 5. The minimum Gasteiger partial charge on any atom is -0.497 e. The molecule has 1 saturated heterocycles. The molecule has 3 aromatic rings. The Labute approximate surface area is 182 Å². The minimum absolute atomic E-state index is 0.305. The van der Waals surface area contributed by atoms with Gasteiger partial charge in [-0.05, 0) is 42.5 Å². The Morgan fingerprint density at radius 2 is 1.73 bits per heavy atom. The van der Waals surface area contributed by atoms with Crippen molar-refractivity contribution in [1.82, 2.24) is 9.97 Å². The van der Waals surface area contributed by atoms with Crippen molar-refractivity contribution in [3.8, 4) is 5.75 Å². The van der Waals surface area contributed by atoms with E-state index in [1.807, 2.05) is 12.1 Å². The van der Waals surface area contributed by atoms with Gasteiger partial charge in [0.15, 0.2) is 11.6 Å². The number of anilines is 5. The Morgan fingerprint density at radius 3 is 2.40 bits per heavy atom. The third-order valence-corrected chi connectivity index (χ3v) is 5.56. The number of nitrogens with two attached hydrogens (primary N) is 1. The lowest BCUT2D eigenvalue weighted by Gasteiger charge is -2.37. The molecule has 9 heteroatoms. The monoisotopic (exact) mass is 472 g/mol. The predicted molar refractivity (Wildman–Crippen MR) is 121 cm³/mol. The summed E-state index contributed by atoms with van der Waals surface area (Å²) < 4.78 is 20.1. The number of methoxy groups -OCH3 is 1. The maximum Gasteiger partial charge on any atom is 0.159 e. The average Bonchev–Trinajstić information content (AvgIpc) is 2.77. The van der Waals surface area contributed by atoms with E-state index in [1.165, 1.54) is 12.4 Å². The first-order valence-electron chi connectivity index (χ1n) is 9.51. The molecule has 2 aromatic carbocycles. The van der Waals surface area contributed by atoms with E-state index in [0.29, 0.717) is 27.5 Å². The number of ether oxygens (including phenoxy) is 1. The fourth-order valence-corrected chi connectivity index (χ4v) is 3.76. The molecular formula is C21H22BrFN6O. The van der Waals surface area contributed by atoms with E-state index in [4.69, 9.17) is 10.5 Å². The van der Waals surface area contributed by atoms with E-state index in [1.54, 1.807) is 19.2 Å². The van der Waals surface area contributed by atoms with E-state index in [-0.39, 0.29) is 0 Å². The van der Waals surface area contributed by atoms with E-state index < -0.39 is 5.82 Å². The number of halogens is 2. The van der Waals surface area contributed by atoms with Gasteiger partial charge < -0.3 is 25.6 Å². The molecule has 0 unspecified atom stereocenters. The number of nitrogens with zero attached hydrogens (tertiary/aromatic N) is 4. The van der Waals surface area contributed by atoms with Gasteiger partial charge in [0.25, 0.3) is 0 Å². The molecule has 0 spiro atoms. The Balaban J connectivity index is 1.46. The highest BCUT2D eigenvalue weighted by molar-refractivity contribution is 9.10. The first kappa shape index (κ1) is 20.2. The summed E-state index contributed by atoms with van der Waals surface area (Å²) in [5.74, 6) is 1.49. The SMILES string of the molecule is COc1ccc(N2CCN(c3ncnc(Nc4ccc(Br)cc4F)c3N)CC2)cc1. The van der Waals surface area contributed by atoms with Crippen LogP contribution in [0.3, 0.4) is 0 Å². The Hall–Kier alpha value is -3.07. The topological polar surface area (TPSA) is 79.5 Å². The van der Waals surface area contributed by atoms with Gasteiger partial charge in [0.2, 0.25) is 0 Å². The van der Waals surface area contributed by atoms with Gasteiger partial charge in [-0.15, -0.1) is 0 Å². The standard InChI is InChI=1S/C21H22BrFN6O/c1-30-16-5-3-15(4-6-16)28-8-10-29(11-9-28)21-19(24)20(25-13-26-21)27-18-7-2-14(22)12-17(18)23/h2-7,12-13H,8-11,24H2,1H3,(H,25,26,27). The van der Waals surface area contributed by atoms with Crippen molar-refractivity contribution in [2.45, 2.75) is 0 Å². The van der Waals surface area contributed by atoms with Crippen LogP contribution in [0.25, 0.3) is 0 Å². The number of nitrogens with one attached hydrogen (secondary N) is 1. The van der Waals surface area contributed by atoms with Crippen LogP contribution in [0.1, 0.15) is 0 Å². The van der Waals surface area contributed by atoms with Crippen LogP contribution < -0.4 is 25.6 Å². The van der Waals surface area contributed by atoms with Crippen LogP contribution in [-0.4, -0.2) is 43.3 Å². The van der Waals surface area contributed by atoms with Gasteiger partial charge in [0.05, 0.1) is 12.8 Å². The minimum atomic E-state index is -0.392. The van der Waals surface area contributed by atoms with Gasteiger partial charge in [0, 0.05) is 36.3 Å². The highest BCUT2D eigenvalue weighted by Crippen LogP contribution is 2.31. The number of piperazine rings is 1. The molecular weight excluding hydrogens is 451 g/mol. The van der Waals surface area contributed by atoms with E-state index >= 15 is 0 Å². The van der Waals surface area contributed by atoms with E-state index in [2.05, 4.69) is 53.1 Å². The highest BCUT2D eigenvalue weighted by atomic mass is 79.9. The zero-order valence-electron chi connectivity index (χ0n) is 16.5. The Bertz CT molecular complexity index is 1020. The van der Waals surface area contributed by atoms with Crippen molar-refractivity contribution in [3.05, 3.63) is 59.1 Å². The van der Waals surface area contributed by atoms with Gasteiger partial charge in [-0.2, -0.15) is 0 Å². The van der Waals surface area contributed by atoms with Crippen LogP contribution in [0.4, 0.5) is 33.1 Å². The molecule has 30 heavy (non-hydrogen) atoms. The number of benzene rings is 2. The van der Waals surface area contributed by atoms with Crippen molar-refractivity contribution in [2.24, 2.45) is 0 Å². The number of nitrogen functional groups attached to an aromatic ring is 1. The van der Waals surface area contributed by atoms with Crippen molar-refractivity contribution >= 4 is 44.6 Å². The Kier molecular flexibility index (Phi) is 5.89. The molecule has 0 bridgehead atoms. The summed E-state index contributed by atoms with van der Waals surface area (Å²) in [5.41, 5.74) is 8.19. The van der Waals surface area contributed by atoms with Crippen LogP contribution in [0.5, 0.6) is 5.75 Å². The molecule has 4 rings (SSSR count). The summed E-state index contributed by atoms with van der Waals surface area (Å²) in [7, 11) is 1.66. The maximum absolute atomic E-state index is 14.2. The summed E-state index contributed by atoms with van der Waals surface area (Å²) in [6, 6.07) is 12.8. The number of hydrogen-bond donors (Lipinski definition) is 2. The third kappa shape index (κ3) is 4.25.